The molecule has 1 aromatic rings. The van der Waals surface area contributed by atoms with E-state index in [9.17, 15) is 4.79 Å². The summed E-state index contributed by atoms with van der Waals surface area (Å²) in [5.41, 5.74) is 1.35. The fraction of sp³-hybridized carbons (Fsp3) is 0.750. The molecule has 0 fully saturated rings. The molecule has 0 saturated heterocycles. The van der Waals surface area contributed by atoms with Crippen LogP contribution in [0.4, 0.5) is 0 Å². The van der Waals surface area contributed by atoms with E-state index in [2.05, 4.69) is 58.0 Å². The van der Waals surface area contributed by atoms with Crippen LogP contribution in [-0.2, 0) is 16.8 Å². The Kier molecular flexibility index (Phi) is 5.53. The maximum atomic E-state index is 10.8. The summed E-state index contributed by atoms with van der Waals surface area (Å²) in [7, 11) is 0. The molecule has 0 aromatic carbocycles. The molecule has 21 heavy (non-hydrogen) atoms. The van der Waals surface area contributed by atoms with Gasteiger partial charge in [-0.05, 0) is 11.3 Å². The number of carbonyl (C=O) groups is 1. The standard InChI is InChI=1S/C16H28N2O2S/c1-11(15(2,3)4)9-18-12(16(5,6)7)8-17-14(18)21-10-13(19)20/h8,11H,9-10H2,1-7H3,(H,19,20). The van der Waals surface area contributed by atoms with Gasteiger partial charge in [0.05, 0.1) is 5.75 Å². The van der Waals surface area contributed by atoms with E-state index in [1.807, 2.05) is 6.20 Å². The number of hydrogen-bond acceptors (Lipinski definition) is 3. The summed E-state index contributed by atoms with van der Waals surface area (Å²) in [6, 6.07) is 0. The highest BCUT2D eigenvalue weighted by Crippen LogP contribution is 2.32. The molecule has 1 heterocycles. The molecule has 0 radical (unpaired) electrons. The van der Waals surface area contributed by atoms with Gasteiger partial charge < -0.3 is 9.67 Å². The zero-order chi connectivity index (χ0) is 16.4. The lowest BCUT2D eigenvalue weighted by atomic mass is 9.82. The van der Waals surface area contributed by atoms with Crippen molar-refractivity contribution in [3.05, 3.63) is 11.9 Å². The first-order valence-corrected chi connectivity index (χ1v) is 8.32. The first-order chi connectivity index (χ1) is 9.43. The van der Waals surface area contributed by atoms with Gasteiger partial charge in [0.2, 0.25) is 0 Å². The fourth-order valence-electron chi connectivity index (χ4n) is 1.92. The van der Waals surface area contributed by atoms with E-state index in [1.54, 1.807) is 0 Å². The van der Waals surface area contributed by atoms with Gasteiger partial charge in [-0.2, -0.15) is 0 Å². The Hall–Kier alpha value is -0.970. The third kappa shape index (κ3) is 5.06. The molecule has 120 valence electrons. The molecule has 1 unspecified atom stereocenters. The minimum atomic E-state index is -0.810. The lowest BCUT2D eigenvalue weighted by Gasteiger charge is -2.30. The van der Waals surface area contributed by atoms with Crippen molar-refractivity contribution < 1.29 is 9.90 Å². The highest BCUT2D eigenvalue weighted by Gasteiger charge is 2.26. The molecule has 1 N–H and O–H groups in total. The van der Waals surface area contributed by atoms with Crippen LogP contribution in [0.1, 0.15) is 54.2 Å². The molecule has 1 aromatic heterocycles. The van der Waals surface area contributed by atoms with Crippen molar-refractivity contribution in [1.82, 2.24) is 9.55 Å². The maximum Gasteiger partial charge on any atom is 0.313 e. The second kappa shape index (κ2) is 6.42. The number of rotatable bonds is 5. The SMILES string of the molecule is CC(Cn1c(C(C)(C)C)cnc1SCC(=O)O)C(C)(C)C. The van der Waals surface area contributed by atoms with E-state index in [0.29, 0.717) is 5.92 Å². The van der Waals surface area contributed by atoms with Crippen LogP contribution in [0.3, 0.4) is 0 Å². The van der Waals surface area contributed by atoms with Crippen molar-refractivity contribution in [2.45, 2.75) is 65.6 Å². The van der Waals surface area contributed by atoms with Crippen molar-refractivity contribution in [2.75, 3.05) is 5.75 Å². The Balaban J connectivity index is 3.11. The van der Waals surface area contributed by atoms with Crippen LogP contribution < -0.4 is 0 Å². The second-order valence-electron chi connectivity index (χ2n) is 7.74. The van der Waals surface area contributed by atoms with Gasteiger partial charge in [-0.15, -0.1) is 0 Å². The zero-order valence-corrected chi connectivity index (χ0v) is 15.0. The van der Waals surface area contributed by atoms with E-state index < -0.39 is 5.97 Å². The lowest BCUT2D eigenvalue weighted by Crippen LogP contribution is -2.26. The van der Waals surface area contributed by atoms with E-state index in [4.69, 9.17) is 5.11 Å². The first-order valence-electron chi connectivity index (χ1n) is 7.33. The molecule has 0 bridgehead atoms. The van der Waals surface area contributed by atoms with Crippen LogP contribution in [-0.4, -0.2) is 26.4 Å². The number of carboxylic acids is 1. The minimum Gasteiger partial charge on any atom is -0.481 e. The topological polar surface area (TPSA) is 55.1 Å². The van der Waals surface area contributed by atoms with Crippen LogP contribution in [0.25, 0.3) is 0 Å². The van der Waals surface area contributed by atoms with Crippen molar-refractivity contribution in [3.8, 4) is 0 Å². The molecule has 0 spiro atoms. The van der Waals surface area contributed by atoms with Gasteiger partial charge >= 0.3 is 5.97 Å². The predicted octanol–water partition coefficient (Wildman–Crippen LogP) is 4.04. The summed E-state index contributed by atoms with van der Waals surface area (Å²) >= 11 is 1.30. The Morgan fingerprint density at radius 3 is 2.33 bits per heavy atom. The van der Waals surface area contributed by atoms with Gasteiger partial charge in [0, 0.05) is 23.9 Å². The van der Waals surface area contributed by atoms with Crippen LogP contribution in [0.15, 0.2) is 11.4 Å². The van der Waals surface area contributed by atoms with Gasteiger partial charge in [-0.3, -0.25) is 4.79 Å². The number of hydrogen-bond donors (Lipinski definition) is 1. The number of imidazole rings is 1. The Morgan fingerprint density at radius 2 is 1.90 bits per heavy atom. The second-order valence-corrected chi connectivity index (χ2v) is 8.68. The van der Waals surface area contributed by atoms with Crippen LogP contribution >= 0.6 is 11.8 Å². The monoisotopic (exact) mass is 312 g/mol. The summed E-state index contributed by atoms with van der Waals surface area (Å²) in [5.74, 6) is -0.294. The lowest BCUT2D eigenvalue weighted by molar-refractivity contribution is -0.133. The molecule has 0 saturated carbocycles. The quantitative estimate of drug-likeness (QED) is 0.834. The summed E-state index contributed by atoms with van der Waals surface area (Å²) in [6.45, 7) is 16.3. The van der Waals surface area contributed by atoms with Crippen molar-refractivity contribution in [2.24, 2.45) is 11.3 Å². The largest absolute Gasteiger partial charge is 0.481 e. The number of aliphatic carboxylic acids is 1. The molecular formula is C16H28N2O2S. The van der Waals surface area contributed by atoms with Crippen molar-refractivity contribution >= 4 is 17.7 Å². The van der Waals surface area contributed by atoms with E-state index in [0.717, 1.165) is 17.4 Å². The zero-order valence-electron chi connectivity index (χ0n) is 14.2. The number of carboxylic acid groups (broad SMARTS) is 1. The van der Waals surface area contributed by atoms with Crippen LogP contribution in [0.2, 0.25) is 0 Å². The molecule has 0 aliphatic rings. The van der Waals surface area contributed by atoms with Crippen molar-refractivity contribution in [3.63, 3.8) is 0 Å². The van der Waals surface area contributed by atoms with Crippen LogP contribution in [0.5, 0.6) is 0 Å². The van der Waals surface area contributed by atoms with Gasteiger partial charge in [0.15, 0.2) is 5.16 Å². The Bertz CT molecular complexity index is 495. The van der Waals surface area contributed by atoms with E-state index >= 15 is 0 Å². The molecule has 0 aliphatic carbocycles. The average Bonchev–Trinajstić information content (AvgIpc) is 2.67. The van der Waals surface area contributed by atoms with Crippen LogP contribution in [0, 0.1) is 11.3 Å². The maximum absolute atomic E-state index is 10.8. The number of nitrogens with zero attached hydrogens (tertiary/aromatic N) is 2. The van der Waals surface area contributed by atoms with Gasteiger partial charge in [-0.1, -0.05) is 60.2 Å². The summed E-state index contributed by atoms with van der Waals surface area (Å²) in [6.07, 6.45) is 1.89. The fourth-order valence-corrected chi connectivity index (χ4v) is 2.63. The van der Waals surface area contributed by atoms with E-state index in [1.165, 1.54) is 11.8 Å². The Labute approximate surface area is 132 Å². The first kappa shape index (κ1) is 18.1. The van der Waals surface area contributed by atoms with E-state index in [-0.39, 0.29) is 16.6 Å². The summed E-state index contributed by atoms with van der Waals surface area (Å²) < 4.78 is 2.20. The third-order valence-electron chi connectivity index (χ3n) is 3.85. The van der Waals surface area contributed by atoms with Crippen molar-refractivity contribution in [1.29, 1.82) is 0 Å². The highest BCUT2D eigenvalue weighted by atomic mass is 32.2. The summed E-state index contributed by atoms with van der Waals surface area (Å²) in [5, 5.41) is 9.69. The average molecular weight is 312 g/mol. The number of aromatic nitrogens is 2. The smallest absolute Gasteiger partial charge is 0.313 e. The minimum absolute atomic E-state index is 0.00730. The molecule has 0 amide bonds. The molecule has 4 nitrogen and oxygen atoms in total. The summed E-state index contributed by atoms with van der Waals surface area (Å²) in [4.78, 5) is 15.3. The molecular weight excluding hydrogens is 284 g/mol. The highest BCUT2D eigenvalue weighted by molar-refractivity contribution is 7.99. The Morgan fingerprint density at radius 1 is 1.33 bits per heavy atom. The number of thioether (sulfide) groups is 1. The third-order valence-corrected chi connectivity index (χ3v) is 4.82. The molecule has 1 rings (SSSR count). The predicted molar refractivity (Wildman–Crippen MR) is 87.9 cm³/mol. The van der Waals surface area contributed by atoms with Gasteiger partial charge in [0.1, 0.15) is 0 Å². The molecule has 0 aliphatic heterocycles. The van der Waals surface area contributed by atoms with Gasteiger partial charge in [0.25, 0.3) is 0 Å². The normalized spacial score (nSPS) is 14.2. The molecule has 5 heteroatoms. The molecule has 1 atom stereocenters. The van der Waals surface area contributed by atoms with Gasteiger partial charge in [-0.25, -0.2) is 4.98 Å².